The summed E-state index contributed by atoms with van der Waals surface area (Å²) in [5.41, 5.74) is 1.08. The van der Waals surface area contributed by atoms with Gasteiger partial charge in [0.25, 0.3) is 0 Å². The molecular weight excluding hydrogens is 380 g/mol. The van der Waals surface area contributed by atoms with Crippen LogP contribution in [0.15, 0.2) is 33.7 Å². The first kappa shape index (κ1) is 20.5. The van der Waals surface area contributed by atoms with Crippen LogP contribution in [-0.4, -0.2) is 42.5 Å². The average molecular weight is 407 g/mol. The number of carbonyl (C=O) groups is 1. The fourth-order valence-electron chi connectivity index (χ4n) is 3.23. The van der Waals surface area contributed by atoms with Crippen molar-refractivity contribution in [2.24, 2.45) is 0 Å². The standard InChI is InChI=1S/C19H26N4O4S/c1-13(2)15-4-6-17(7-5-15)28(25,26)20-12-18-21-19(22-27-18)16-8-10-23(11-9-16)14(3)24/h4-7,13,16,20H,8-12H2,1-3H3. The Labute approximate surface area is 165 Å². The lowest BCUT2D eigenvalue weighted by atomic mass is 9.96. The number of aromatic nitrogens is 2. The van der Waals surface area contributed by atoms with Gasteiger partial charge in [-0.05, 0) is 36.5 Å². The third-order valence-electron chi connectivity index (χ3n) is 5.06. The Hall–Kier alpha value is -2.26. The van der Waals surface area contributed by atoms with E-state index in [-0.39, 0.29) is 29.2 Å². The van der Waals surface area contributed by atoms with E-state index in [1.165, 1.54) is 0 Å². The molecule has 28 heavy (non-hydrogen) atoms. The predicted octanol–water partition coefficient (Wildman–Crippen LogP) is 2.40. The lowest BCUT2D eigenvalue weighted by molar-refractivity contribution is -0.129. The predicted molar refractivity (Wildman–Crippen MR) is 103 cm³/mol. The number of piperidine rings is 1. The molecule has 1 fully saturated rings. The van der Waals surface area contributed by atoms with Crippen molar-refractivity contribution in [2.45, 2.75) is 56.9 Å². The highest BCUT2D eigenvalue weighted by Crippen LogP contribution is 2.26. The SMILES string of the molecule is CC(=O)N1CCC(c2noc(CNS(=O)(=O)c3ccc(C(C)C)cc3)n2)CC1. The molecule has 0 saturated carbocycles. The summed E-state index contributed by atoms with van der Waals surface area (Å²) in [6.07, 6.45) is 1.54. The zero-order valence-corrected chi connectivity index (χ0v) is 17.2. The van der Waals surface area contributed by atoms with Crippen LogP contribution in [0.1, 0.15) is 62.7 Å². The minimum Gasteiger partial charge on any atom is -0.343 e. The van der Waals surface area contributed by atoms with Crippen molar-refractivity contribution < 1.29 is 17.7 Å². The summed E-state index contributed by atoms with van der Waals surface area (Å²) in [7, 11) is -3.66. The molecule has 2 heterocycles. The van der Waals surface area contributed by atoms with Gasteiger partial charge >= 0.3 is 0 Å². The summed E-state index contributed by atoms with van der Waals surface area (Å²) < 4.78 is 32.6. The molecule has 1 N–H and O–H groups in total. The highest BCUT2D eigenvalue weighted by Gasteiger charge is 2.26. The minimum atomic E-state index is -3.66. The van der Waals surface area contributed by atoms with Crippen LogP contribution < -0.4 is 4.72 Å². The number of hydrogen-bond donors (Lipinski definition) is 1. The second kappa shape index (κ2) is 8.40. The summed E-state index contributed by atoms with van der Waals surface area (Å²) in [4.78, 5) is 17.7. The molecule has 0 atom stereocenters. The maximum Gasteiger partial charge on any atom is 0.241 e. The lowest BCUT2D eigenvalue weighted by Gasteiger charge is -2.29. The van der Waals surface area contributed by atoms with E-state index in [9.17, 15) is 13.2 Å². The molecule has 1 aliphatic heterocycles. The van der Waals surface area contributed by atoms with E-state index in [2.05, 4.69) is 28.7 Å². The Bertz CT molecular complexity index is 914. The quantitative estimate of drug-likeness (QED) is 0.790. The molecule has 1 aliphatic rings. The van der Waals surface area contributed by atoms with Gasteiger partial charge in [-0.2, -0.15) is 4.98 Å². The first-order valence-electron chi connectivity index (χ1n) is 9.44. The van der Waals surface area contributed by atoms with E-state index >= 15 is 0 Å². The number of likely N-dealkylation sites (tertiary alicyclic amines) is 1. The Morgan fingerprint density at radius 1 is 1.25 bits per heavy atom. The van der Waals surface area contributed by atoms with Gasteiger partial charge in [0.15, 0.2) is 5.82 Å². The fourth-order valence-corrected chi connectivity index (χ4v) is 4.20. The molecule has 0 radical (unpaired) electrons. The summed E-state index contributed by atoms with van der Waals surface area (Å²) in [6, 6.07) is 6.83. The monoisotopic (exact) mass is 406 g/mol. The molecule has 152 valence electrons. The number of nitrogens with zero attached hydrogens (tertiary/aromatic N) is 3. The van der Waals surface area contributed by atoms with Gasteiger partial charge < -0.3 is 9.42 Å². The smallest absolute Gasteiger partial charge is 0.241 e. The molecule has 1 aromatic carbocycles. The van der Waals surface area contributed by atoms with Gasteiger partial charge in [0, 0.05) is 25.9 Å². The summed E-state index contributed by atoms with van der Waals surface area (Å²) >= 11 is 0. The van der Waals surface area contributed by atoms with Gasteiger partial charge in [-0.15, -0.1) is 0 Å². The van der Waals surface area contributed by atoms with Gasteiger partial charge in [-0.1, -0.05) is 31.1 Å². The van der Waals surface area contributed by atoms with E-state index in [0.717, 1.165) is 18.4 Å². The van der Waals surface area contributed by atoms with Crippen molar-refractivity contribution in [2.75, 3.05) is 13.1 Å². The van der Waals surface area contributed by atoms with Crippen LogP contribution in [0.5, 0.6) is 0 Å². The van der Waals surface area contributed by atoms with Crippen LogP contribution in [0.4, 0.5) is 0 Å². The van der Waals surface area contributed by atoms with Crippen molar-refractivity contribution in [3.8, 4) is 0 Å². The number of carbonyl (C=O) groups excluding carboxylic acids is 1. The summed E-state index contributed by atoms with van der Waals surface area (Å²) in [5, 5.41) is 3.99. The zero-order chi connectivity index (χ0) is 20.3. The normalized spacial score (nSPS) is 15.9. The lowest BCUT2D eigenvalue weighted by Crippen LogP contribution is -2.36. The summed E-state index contributed by atoms with van der Waals surface area (Å²) in [6.45, 7) is 6.95. The number of rotatable bonds is 6. The molecule has 3 rings (SSSR count). The van der Waals surface area contributed by atoms with Crippen molar-refractivity contribution in [1.82, 2.24) is 19.8 Å². The molecule has 1 amide bonds. The Kier molecular flexibility index (Phi) is 6.14. The average Bonchev–Trinajstić information content (AvgIpc) is 3.16. The van der Waals surface area contributed by atoms with Crippen molar-refractivity contribution >= 4 is 15.9 Å². The first-order chi connectivity index (χ1) is 13.3. The molecule has 2 aromatic rings. The largest absolute Gasteiger partial charge is 0.343 e. The van der Waals surface area contributed by atoms with Crippen molar-refractivity contribution in [3.05, 3.63) is 41.5 Å². The highest BCUT2D eigenvalue weighted by molar-refractivity contribution is 7.89. The van der Waals surface area contributed by atoms with Gasteiger partial charge in [0.1, 0.15) is 0 Å². The van der Waals surface area contributed by atoms with E-state index in [4.69, 9.17) is 4.52 Å². The fraction of sp³-hybridized carbons (Fsp3) is 0.526. The minimum absolute atomic E-state index is 0.0619. The van der Waals surface area contributed by atoms with Crippen LogP contribution >= 0.6 is 0 Å². The third kappa shape index (κ3) is 4.77. The number of hydrogen-bond acceptors (Lipinski definition) is 6. The maximum atomic E-state index is 12.5. The van der Waals surface area contributed by atoms with Crippen LogP contribution in [0, 0.1) is 0 Å². The number of amides is 1. The van der Waals surface area contributed by atoms with E-state index < -0.39 is 10.0 Å². The molecular formula is C19H26N4O4S. The molecule has 8 nitrogen and oxygen atoms in total. The van der Waals surface area contributed by atoms with Gasteiger partial charge in [-0.25, -0.2) is 13.1 Å². The van der Waals surface area contributed by atoms with Gasteiger partial charge in [0.05, 0.1) is 11.4 Å². The van der Waals surface area contributed by atoms with E-state index in [1.807, 2.05) is 12.1 Å². The second-order valence-corrected chi connectivity index (χ2v) is 9.14. The number of benzene rings is 1. The summed E-state index contributed by atoms with van der Waals surface area (Å²) in [5.74, 6) is 1.32. The molecule has 9 heteroatoms. The van der Waals surface area contributed by atoms with Gasteiger partial charge in [0.2, 0.25) is 21.8 Å². The Morgan fingerprint density at radius 2 is 1.89 bits per heavy atom. The van der Waals surface area contributed by atoms with E-state index in [1.54, 1.807) is 24.0 Å². The molecule has 0 unspecified atom stereocenters. The first-order valence-corrected chi connectivity index (χ1v) is 10.9. The maximum absolute atomic E-state index is 12.5. The molecule has 0 bridgehead atoms. The topological polar surface area (TPSA) is 105 Å². The van der Waals surface area contributed by atoms with Crippen molar-refractivity contribution in [3.63, 3.8) is 0 Å². The molecule has 0 aliphatic carbocycles. The van der Waals surface area contributed by atoms with Crippen LogP contribution in [0.3, 0.4) is 0 Å². The van der Waals surface area contributed by atoms with Crippen LogP contribution in [0.2, 0.25) is 0 Å². The van der Waals surface area contributed by atoms with Crippen LogP contribution in [0.25, 0.3) is 0 Å². The number of nitrogens with one attached hydrogen (secondary N) is 1. The van der Waals surface area contributed by atoms with Crippen LogP contribution in [-0.2, 0) is 21.4 Å². The van der Waals surface area contributed by atoms with E-state index in [0.29, 0.717) is 24.8 Å². The Morgan fingerprint density at radius 3 is 2.46 bits per heavy atom. The third-order valence-corrected chi connectivity index (χ3v) is 6.48. The second-order valence-electron chi connectivity index (χ2n) is 7.37. The number of sulfonamides is 1. The Balaban J connectivity index is 1.58. The molecule has 1 aromatic heterocycles. The molecule has 0 spiro atoms. The highest BCUT2D eigenvalue weighted by atomic mass is 32.2. The van der Waals surface area contributed by atoms with Crippen molar-refractivity contribution in [1.29, 1.82) is 0 Å². The molecule has 1 saturated heterocycles. The zero-order valence-electron chi connectivity index (χ0n) is 16.4. The van der Waals surface area contributed by atoms with Gasteiger partial charge in [-0.3, -0.25) is 4.79 Å².